The second-order valence-corrected chi connectivity index (χ2v) is 7.55. The molecule has 0 spiro atoms. The van der Waals surface area contributed by atoms with Crippen molar-refractivity contribution >= 4 is 34.7 Å². The third-order valence-corrected chi connectivity index (χ3v) is 6.10. The van der Waals surface area contributed by atoms with Crippen LogP contribution in [-0.2, 0) is 12.2 Å². The number of thiophene rings is 1. The van der Waals surface area contributed by atoms with Gasteiger partial charge < -0.3 is 4.90 Å². The molecule has 120 valence electrons. The Labute approximate surface area is 150 Å². The van der Waals surface area contributed by atoms with Crippen molar-refractivity contribution in [2.75, 3.05) is 11.4 Å². The van der Waals surface area contributed by atoms with E-state index in [0.717, 1.165) is 34.9 Å². The number of fused-ring (bicyclic) bond motifs is 1. The maximum atomic E-state index is 13.1. The van der Waals surface area contributed by atoms with E-state index in [1.165, 1.54) is 11.1 Å². The van der Waals surface area contributed by atoms with E-state index in [1.807, 2.05) is 47.4 Å². The highest BCUT2D eigenvalue weighted by Gasteiger charge is 2.26. The molecule has 3 aromatic rings. The van der Waals surface area contributed by atoms with Crippen molar-refractivity contribution in [2.45, 2.75) is 17.1 Å². The highest BCUT2D eigenvalue weighted by Crippen LogP contribution is 2.32. The van der Waals surface area contributed by atoms with Crippen LogP contribution in [0.3, 0.4) is 0 Å². The van der Waals surface area contributed by atoms with Gasteiger partial charge in [0.25, 0.3) is 5.91 Å². The molecule has 2 heterocycles. The lowest BCUT2D eigenvalue weighted by Crippen LogP contribution is -2.29. The number of amides is 1. The molecular formula is C20H17NOS2. The van der Waals surface area contributed by atoms with Crippen LogP contribution in [0.4, 0.5) is 5.69 Å². The first kappa shape index (κ1) is 15.5. The number of rotatable bonds is 4. The van der Waals surface area contributed by atoms with E-state index in [2.05, 4.69) is 22.9 Å². The molecule has 4 rings (SSSR count). The number of anilines is 1. The van der Waals surface area contributed by atoms with Crippen LogP contribution in [0.5, 0.6) is 0 Å². The number of carbonyl (C=O) groups excluding carboxylic acids is 1. The number of thioether (sulfide) groups is 1. The van der Waals surface area contributed by atoms with Gasteiger partial charge in [0.2, 0.25) is 0 Å². The van der Waals surface area contributed by atoms with E-state index in [9.17, 15) is 4.79 Å². The van der Waals surface area contributed by atoms with Gasteiger partial charge in [-0.15, -0.1) is 11.8 Å². The second-order valence-electron chi connectivity index (χ2n) is 5.75. The number of hydrogen-bond donors (Lipinski definition) is 0. The minimum atomic E-state index is 0.105. The highest BCUT2D eigenvalue weighted by molar-refractivity contribution is 7.98. The van der Waals surface area contributed by atoms with Crippen LogP contribution < -0.4 is 4.90 Å². The van der Waals surface area contributed by atoms with Gasteiger partial charge in [0, 0.05) is 22.9 Å². The number of para-hydroxylation sites is 1. The maximum absolute atomic E-state index is 13.1. The first-order chi connectivity index (χ1) is 11.8. The molecule has 1 amide bonds. The van der Waals surface area contributed by atoms with Crippen molar-refractivity contribution in [3.63, 3.8) is 0 Å². The lowest BCUT2D eigenvalue weighted by Gasteiger charge is -2.19. The summed E-state index contributed by atoms with van der Waals surface area (Å²) in [5, 5.41) is 4.25. The van der Waals surface area contributed by atoms with Crippen molar-refractivity contribution in [1.82, 2.24) is 0 Å². The van der Waals surface area contributed by atoms with Crippen molar-refractivity contribution in [2.24, 2.45) is 0 Å². The molecule has 0 fully saturated rings. The van der Waals surface area contributed by atoms with E-state index in [0.29, 0.717) is 0 Å². The Morgan fingerprint density at radius 1 is 1.08 bits per heavy atom. The van der Waals surface area contributed by atoms with Gasteiger partial charge >= 0.3 is 0 Å². The van der Waals surface area contributed by atoms with E-state index in [4.69, 9.17) is 0 Å². The largest absolute Gasteiger partial charge is 0.308 e. The molecule has 0 radical (unpaired) electrons. The molecule has 4 heteroatoms. The standard InChI is InChI=1S/C20H17NOS2/c22-20(21-11-9-16-5-1-3-7-18(16)21)17-6-2-4-8-19(17)24-14-15-10-12-23-13-15/h1-8,10,12-13H,9,11,14H2. The fraction of sp³-hybridized carbons (Fsp3) is 0.150. The Kier molecular flexibility index (Phi) is 4.41. The lowest BCUT2D eigenvalue weighted by atomic mass is 10.1. The van der Waals surface area contributed by atoms with E-state index in [-0.39, 0.29) is 5.91 Å². The predicted molar refractivity (Wildman–Crippen MR) is 102 cm³/mol. The summed E-state index contributed by atoms with van der Waals surface area (Å²) in [5.41, 5.74) is 4.42. The summed E-state index contributed by atoms with van der Waals surface area (Å²) in [6.45, 7) is 0.766. The third kappa shape index (κ3) is 2.99. The van der Waals surface area contributed by atoms with Crippen LogP contribution in [0, 0.1) is 0 Å². The van der Waals surface area contributed by atoms with Crippen LogP contribution in [0.25, 0.3) is 0 Å². The van der Waals surface area contributed by atoms with Crippen LogP contribution in [-0.4, -0.2) is 12.5 Å². The van der Waals surface area contributed by atoms with Gasteiger partial charge in [0.1, 0.15) is 0 Å². The molecule has 0 bridgehead atoms. The van der Waals surface area contributed by atoms with E-state index < -0.39 is 0 Å². The lowest BCUT2D eigenvalue weighted by molar-refractivity contribution is 0.0986. The summed E-state index contributed by atoms with van der Waals surface area (Å²) >= 11 is 3.44. The second kappa shape index (κ2) is 6.83. The van der Waals surface area contributed by atoms with Crippen LogP contribution in [0.15, 0.2) is 70.3 Å². The van der Waals surface area contributed by atoms with E-state index in [1.54, 1.807) is 23.1 Å². The first-order valence-corrected chi connectivity index (χ1v) is 9.88. The van der Waals surface area contributed by atoms with Gasteiger partial charge in [0.15, 0.2) is 0 Å². The molecule has 2 aromatic carbocycles. The molecule has 0 atom stereocenters. The molecule has 0 unspecified atom stereocenters. The Morgan fingerprint density at radius 2 is 1.92 bits per heavy atom. The zero-order valence-electron chi connectivity index (χ0n) is 13.1. The van der Waals surface area contributed by atoms with Crippen molar-refractivity contribution in [3.8, 4) is 0 Å². The number of benzene rings is 2. The minimum Gasteiger partial charge on any atom is -0.308 e. The molecule has 24 heavy (non-hydrogen) atoms. The van der Waals surface area contributed by atoms with Gasteiger partial charge in [-0.1, -0.05) is 30.3 Å². The van der Waals surface area contributed by atoms with Crippen molar-refractivity contribution in [3.05, 3.63) is 82.0 Å². The van der Waals surface area contributed by atoms with Crippen LogP contribution in [0.2, 0.25) is 0 Å². The Bertz CT molecular complexity index is 858. The Balaban J connectivity index is 1.59. The predicted octanol–water partition coefficient (Wildman–Crippen LogP) is 5.24. The fourth-order valence-electron chi connectivity index (χ4n) is 3.00. The topological polar surface area (TPSA) is 20.3 Å². The molecule has 1 aliphatic rings. The summed E-state index contributed by atoms with van der Waals surface area (Å²) in [6.07, 6.45) is 0.937. The minimum absolute atomic E-state index is 0.105. The van der Waals surface area contributed by atoms with Gasteiger partial charge in [-0.25, -0.2) is 0 Å². The maximum Gasteiger partial charge on any atom is 0.259 e. The molecule has 0 aliphatic carbocycles. The van der Waals surface area contributed by atoms with Gasteiger partial charge in [-0.05, 0) is 52.6 Å². The number of nitrogens with zero attached hydrogens (tertiary/aromatic N) is 1. The van der Waals surface area contributed by atoms with E-state index >= 15 is 0 Å². The summed E-state index contributed by atoms with van der Waals surface area (Å²) in [7, 11) is 0. The van der Waals surface area contributed by atoms with Gasteiger partial charge in [-0.3, -0.25) is 4.79 Å². The smallest absolute Gasteiger partial charge is 0.259 e. The first-order valence-electron chi connectivity index (χ1n) is 7.95. The van der Waals surface area contributed by atoms with Crippen LogP contribution >= 0.6 is 23.1 Å². The zero-order valence-corrected chi connectivity index (χ0v) is 14.8. The Hall–Kier alpha value is -2.04. The normalized spacial score (nSPS) is 13.1. The number of hydrogen-bond acceptors (Lipinski definition) is 3. The summed E-state index contributed by atoms with van der Waals surface area (Å²) < 4.78 is 0. The summed E-state index contributed by atoms with van der Waals surface area (Å²) in [6, 6.07) is 18.3. The van der Waals surface area contributed by atoms with Crippen LogP contribution in [0.1, 0.15) is 21.5 Å². The molecule has 2 nitrogen and oxygen atoms in total. The summed E-state index contributed by atoms with van der Waals surface area (Å²) in [5.74, 6) is 0.998. The average Bonchev–Trinajstić information content (AvgIpc) is 3.29. The van der Waals surface area contributed by atoms with Crippen molar-refractivity contribution in [1.29, 1.82) is 0 Å². The highest BCUT2D eigenvalue weighted by atomic mass is 32.2. The molecule has 0 N–H and O–H groups in total. The van der Waals surface area contributed by atoms with Crippen molar-refractivity contribution < 1.29 is 4.79 Å². The average molecular weight is 351 g/mol. The zero-order chi connectivity index (χ0) is 16.4. The monoisotopic (exact) mass is 351 g/mol. The van der Waals surface area contributed by atoms with Gasteiger partial charge in [0.05, 0.1) is 5.56 Å². The fourth-order valence-corrected chi connectivity index (χ4v) is 4.76. The number of carbonyl (C=O) groups is 1. The molecule has 1 aliphatic heterocycles. The van der Waals surface area contributed by atoms with Gasteiger partial charge in [-0.2, -0.15) is 11.3 Å². The summed E-state index contributed by atoms with van der Waals surface area (Å²) in [4.78, 5) is 16.1. The molecular weight excluding hydrogens is 334 g/mol. The molecule has 0 saturated carbocycles. The quantitative estimate of drug-likeness (QED) is 0.599. The SMILES string of the molecule is O=C(c1ccccc1SCc1ccsc1)N1CCc2ccccc21. The molecule has 1 aromatic heterocycles. The molecule has 0 saturated heterocycles. The third-order valence-electron chi connectivity index (χ3n) is 4.22. The Morgan fingerprint density at radius 3 is 2.79 bits per heavy atom.